The summed E-state index contributed by atoms with van der Waals surface area (Å²) < 4.78 is 25.4. The lowest BCUT2D eigenvalue weighted by Crippen LogP contribution is -2.26. The second kappa shape index (κ2) is 7.75. The monoisotopic (exact) mass is 364 g/mol. The molecule has 2 aromatic rings. The van der Waals surface area contributed by atoms with Crippen LogP contribution in [0, 0.1) is 17.1 Å². The fourth-order valence-electron chi connectivity index (χ4n) is 3.00. The summed E-state index contributed by atoms with van der Waals surface area (Å²) in [6.07, 6.45) is 0. The van der Waals surface area contributed by atoms with Crippen molar-refractivity contribution in [3.05, 3.63) is 88.6 Å². The van der Waals surface area contributed by atoms with Crippen LogP contribution in [0.25, 0.3) is 5.76 Å². The second-order valence-electron chi connectivity index (χ2n) is 5.78. The zero-order valence-corrected chi connectivity index (χ0v) is 14.6. The number of nitrogens with zero attached hydrogens (tertiary/aromatic N) is 1. The van der Waals surface area contributed by atoms with E-state index in [1.54, 1.807) is 37.3 Å². The number of esters is 1. The van der Waals surface area contributed by atoms with Crippen LogP contribution in [0.2, 0.25) is 0 Å². The van der Waals surface area contributed by atoms with E-state index in [-0.39, 0.29) is 35.0 Å². The van der Waals surface area contributed by atoms with Crippen molar-refractivity contribution in [1.82, 2.24) is 0 Å². The minimum atomic E-state index is -1.03. The lowest BCUT2D eigenvalue weighted by Gasteiger charge is -2.28. The molecule has 0 aliphatic carbocycles. The third-order valence-corrected chi connectivity index (χ3v) is 4.17. The molecule has 1 heterocycles. The van der Waals surface area contributed by atoms with Crippen molar-refractivity contribution in [2.24, 2.45) is 5.73 Å². The molecule has 1 atom stereocenters. The van der Waals surface area contributed by atoms with Crippen molar-refractivity contribution < 1.29 is 18.7 Å². The molecule has 2 N–H and O–H groups in total. The van der Waals surface area contributed by atoms with Crippen molar-refractivity contribution in [2.45, 2.75) is 12.8 Å². The Morgan fingerprint density at radius 1 is 1.22 bits per heavy atom. The van der Waals surface area contributed by atoms with Gasteiger partial charge >= 0.3 is 5.97 Å². The Hall–Kier alpha value is -3.59. The SMILES string of the molecule is CCOC(=O)C1=C(c2ccccc2)OC(N)=C(C#N)[C@H]1c1ccccc1F. The van der Waals surface area contributed by atoms with Gasteiger partial charge in [0, 0.05) is 11.1 Å². The number of carbonyl (C=O) groups excluding carboxylic acids is 1. The number of halogens is 1. The van der Waals surface area contributed by atoms with Gasteiger partial charge in [-0.05, 0) is 13.0 Å². The first-order valence-corrected chi connectivity index (χ1v) is 8.37. The lowest BCUT2D eigenvalue weighted by molar-refractivity contribution is -0.138. The standard InChI is InChI=1S/C21H17FN2O3/c1-2-26-21(25)18-17(14-10-6-7-11-16(14)22)15(12-23)20(24)27-19(18)13-8-4-3-5-9-13/h3-11,17H,2,24H2,1H3/t17-/m1/s1. The Labute approximate surface area is 156 Å². The van der Waals surface area contributed by atoms with Gasteiger partial charge in [0.2, 0.25) is 5.88 Å². The van der Waals surface area contributed by atoms with Crippen LogP contribution in [0.1, 0.15) is 24.0 Å². The van der Waals surface area contributed by atoms with Gasteiger partial charge in [-0.3, -0.25) is 0 Å². The minimum absolute atomic E-state index is 0.0390. The average molecular weight is 364 g/mol. The van der Waals surface area contributed by atoms with Crippen LogP contribution in [-0.2, 0) is 14.3 Å². The summed E-state index contributed by atoms with van der Waals surface area (Å²) in [6, 6.07) is 16.7. The molecule has 0 spiro atoms. The zero-order valence-electron chi connectivity index (χ0n) is 14.6. The summed E-state index contributed by atoms with van der Waals surface area (Å²) in [5, 5.41) is 9.61. The van der Waals surface area contributed by atoms with Crippen LogP contribution in [0.3, 0.4) is 0 Å². The van der Waals surface area contributed by atoms with E-state index in [9.17, 15) is 14.4 Å². The fraction of sp³-hybridized carbons (Fsp3) is 0.143. The number of nitrogens with two attached hydrogens (primary N) is 1. The molecule has 0 bridgehead atoms. The number of benzene rings is 2. The molecule has 5 nitrogen and oxygen atoms in total. The number of hydrogen-bond donors (Lipinski definition) is 1. The highest BCUT2D eigenvalue weighted by Gasteiger charge is 2.39. The van der Waals surface area contributed by atoms with E-state index in [1.165, 1.54) is 18.2 Å². The molecule has 1 aliphatic rings. The number of ether oxygens (including phenoxy) is 2. The summed E-state index contributed by atoms with van der Waals surface area (Å²) in [5.74, 6) is -2.29. The molecular formula is C21H17FN2O3. The summed E-state index contributed by atoms with van der Waals surface area (Å²) in [7, 11) is 0. The van der Waals surface area contributed by atoms with Crippen molar-refractivity contribution >= 4 is 11.7 Å². The maximum absolute atomic E-state index is 14.6. The van der Waals surface area contributed by atoms with Crippen molar-refractivity contribution in [3.8, 4) is 6.07 Å². The molecule has 0 fully saturated rings. The molecule has 0 amide bonds. The molecule has 27 heavy (non-hydrogen) atoms. The Morgan fingerprint density at radius 3 is 2.52 bits per heavy atom. The molecule has 2 aromatic carbocycles. The van der Waals surface area contributed by atoms with E-state index in [0.29, 0.717) is 5.56 Å². The second-order valence-corrected chi connectivity index (χ2v) is 5.78. The topological polar surface area (TPSA) is 85.3 Å². The predicted octanol–water partition coefficient (Wildman–Crippen LogP) is 3.61. The highest BCUT2D eigenvalue weighted by Crippen LogP contribution is 2.43. The third kappa shape index (κ3) is 3.40. The molecule has 0 saturated heterocycles. The number of nitriles is 1. The van der Waals surface area contributed by atoms with Crippen LogP contribution in [0.4, 0.5) is 4.39 Å². The molecule has 6 heteroatoms. The summed E-state index contributed by atoms with van der Waals surface area (Å²) in [4.78, 5) is 12.8. The van der Waals surface area contributed by atoms with E-state index >= 15 is 0 Å². The maximum Gasteiger partial charge on any atom is 0.338 e. The number of rotatable bonds is 4. The molecule has 0 radical (unpaired) electrons. The van der Waals surface area contributed by atoms with Gasteiger partial charge in [0.25, 0.3) is 0 Å². The van der Waals surface area contributed by atoms with Crippen molar-refractivity contribution in [3.63, 3.8) is 0 Å². The maximum atomic E-state index is 14.6. The van der Waals surface area contributed by atoms with Crippen molar-refractivity contribution in [2.75, 3.05) is 6.61 Å². The largest absolute Gasteiger partial charge is 0.463 e. The fourth-order valence-corrected chi connectivity index (χ4v) is 3.00. The van der Waals surface area contributed by atoms with E-state index in [0.717, 1.165) is 0 Å². The van der Waals surface area contributed by atoms with Crippen LogP contribution in [0.5, 0.6) is 0 Å². The smallest absolute Gasteiger partial charge is 0.338 e. The van der Waals surface area contributed by atoms with Crippen molar-refractivity contribution in [1.29, 1.82) is 5.26 Å². The predicted molar refractivity (Wildman–Crippen MR) is 97.0 cm³/mol. The zero-order chi connectivity index (χ0) is 19.4. The summed E-state index contributed by atoms with van der Waals surface area (Å²) in [5.41, 5.74) is 6.68. The minimum Gasteiger partial charge on any atom is -0.463 e. The summed E-state index contributed by atoms with van der Waals surface area (Å²) >= 11 is 0. The first-order chi connectivity index (χ1) is 13.1. The molecule has 0 saturated carbocycles. The quantitative estimate of drug-likeness (QED) is 0.838. The third-order valence-electron chi connectivity index (χ3n) is 4.17. The first kappa shape index (κ1) is 18.2. The number of carbonyl (C=O) groups is 1. The molecule has 0 unspecified atom stereocenters. The van der Waals surface area contributed by atoms with Gasteiger partial charge < -0.3 is 15.2 Å². The number of allylic oxidation sites excluding steroid dienone is 1. The van der Waals surface area contributed by atoms with Gasteiger partial charge in [0.05, 0.1) is 18.1 Å². The lowest BCUT2D eigenvalue weighted by atomic mass is 9.81. The first-order valence-electron chi connectivity index (χ1n) is 8.37. The van der Waals surface area contributed by atoms with E-state index in [4.69, 9.17) is 15.2 Å². The highest BCUT2D eigenvalue weighted by atomic mass is 19.1. The van der Waals surface area contributed by atoms with Crippen LogP contribution in [-0.4, -0.2) is 12.6 Å². The molecule has 0 aromatic heterocycles. The van der Waals surface area contributed by atoms with E-state index in [1.807, 2.05) is 12.1 Å². The molecule has 136 valence electrons. The molecule has 3 rings (SSSR count). The van der Waals surface area contributed by atoms with E-state index < -0.39 is 17.7 Å². The van der Waals surface area contributed by atoms with Gasteiger partial charge in [-0.2, -0.15) is 5.26 Å². The van der Waals surface area contributed by atoms with Crippen LogP contribution < -0.4 is 5.73 Å². The van der Waals surface area contributed by atoms with Gasteiger partial charge in [-0.1, -0.05) is 48.5 Å². The van der Waals surface area contributed by atoms with Crippen LogP contribution in [0.15, 0.2) is 71.6 Å². The Balaban J connectivity index is 2.31. The summed E-state index contributed by atoms with van der Waals surface area (Å²) in [6.45, 7) is 1.79. The van der Waals surface area contributed by atoms with Crippen LogP contribution >= 0.6 is 0 Å². The Morgan fingerprint density at radius 2 is 1.89 bits per heavy atom. The van der Waals surface area contributed by atoms with Gasteiger partial charge in [0.15, 0.2) is 0 Å². The average Bonchev–Trinajstić information content (AvgIpc) is 2.68. The van der Waals surface area contributed by atoms with Gasteiger partial charge in [-0.15, -0.1) is 0 Å². The van der Waals surface area contributed by atoms with Gasteiger partial charge in [-0.25, -0.2) is 9.18 Å². The molecule has 1 aliphatic heterocycles. The Kier molecular flexibility index (Phi) is 5.23. The Bertz CT molecular complexity index is 974. The van der Waals surface area contributed by atoms with Gasteiger partial charge in [0.1, 0.15) is 23.2 Å². The molecular weight excluding hydrogens is 347 g/mol. The van der Waals surface area contributed by atoms with E-state index in [2.05, 4.69) is 0 Å². The number of hydrogen-bond acceptors (Lipinski definition) is 5. The highest BCUT2D eigenvalue weighted by molar-refractivity contribution is 5.99. The normalized spacial score (nSPS) is 16.6.